The summed E-state index contributed by atoms with van der Waals surface area (Å²) in [5.74, 6) is 0.525. The Morgan fingerprint density at radius 1 is 1.09 bits per heavy atom. The number of hydrogen-bond acceptors (Lipinski definition) is 4. The van der Waals surface area contributed by atoms with E-state index < -0.39 is 10.8 Å². The first-order chi connectivity index (χ1) is 16.4. The second kappa shape index (κ2) is 8.74. The van der Waals surface area contributed by atoms with Crippen LogP contribution in [0, 0.1) is 56.2 Å². The number of hydrogen-bond donors (Lipinski definition) is 0. The van der Waals surface area contributed by atoms with Crippen LogP contribution in [0.1, 0.15) is 113 Å². The number of Topliss-reactive ketones (excluding diaryl/α,β-unsaturated/α-hetero) is 1. The van der Waals surface area contributed by atoms with E-state index in [1.165, 1.54) is 6.42 Å². The summed E-state index contributed by atoms with van der Waals surface area (Å²) < 4.78 is 5.48. The first kappa shape index (κ1) is 26.4. The minimum atomic E-state index is -1.09. The lowest BCUT2D eigenvalue weighted by Crippen LogP contribution is -2.66. The number of nitriles is 1. The SMILES string of the molecule is CCOC(=O)[C@@]1(C)C(=O)CC[C@]2(C)[C@H]3CC[C@]4(C)/C(=C/CCC(C)C)CC[C@@]4(C)[C@]3(C#N)CC[C@@H]12. The molecule has 0 aromatic rings. The predicted octanol–water partition coefficient (Wildman–Crippen LogP) is 7.42. The van der Waals surface area contributed by atoms with Gasteiger partial charge in [-0.1, -0.05) is 46.3 Å². The van der Waals surface area contributed by atoms with Crippen molar-refractivity contribution in [1.82, 2.24) is 0 Å². The normalized spacial score (nSPS) is 46.0. The molecule has 0 aromatic carbocycles. The summed E-state index contributed by atoms with van der Waals surface area (Å²) in [6, 6.07) is 2.97. The van der Waals surface area contributed by atoms with Crippen LogP contribution in [0.15, 0.2) is 11.6 Å². The van der Waals surface area contributed by atoms with E-state index in [1.54, 1.807) is 5.57 Å². The molecule has 7 atom stereocenters. The van der Waals surface area contributed by atoms with Crippen LogP contribution in [0.5, 0.6) is 0 Å². The van der Waals surface area contributed by atoms with Crippen molar-refractivity contribution in [1.29, 1.82) is 5.26 Å². The van der Waals surface area contributed by atoms with Crippen molar-refractivity contribution in [2.24, 2.45) is 44.8 Å². The fraction of sp³-hybridized carbons (Fsp3) is 0.839. The monoisotopic (exact) mass is 481 g/mol. The van der Waals surface area contributed by atoms with Crippen LogP contribution in [0.3, 0.4) is 0 Å². The molecule has 35 heavy (non-hydrogen) atoms. The molecule has 4 aliphatic rings. The summed E-state index contributed by atoms with van der Waals surface area (Å²) in [6.45, 7) is 15.7. The minimum Gasteiger partial charge on any atom is -0.465 e. The smallest absolute Gasteiger partial charge is 0.319 e. The van der Waals surface area contributed by atoms with E-state index in [1.807, 2.05) is 13.8 Å². The summed E-state index contributed by atoms with van der Waals surface area (Å²) in [7, 11) is 0. The van der Waals surface area contributed by atoms with Gasteiger partial charge >= 0.3 is 5.97 Å². The number of rotatable bonds is 5. The molecule has 0 radical (unpaired) electrons. The van der Waals surface area contributed by atoms with Crippen molar-refractivity contribution >= 4 is 11.8 Å². The molecule has 4 nitrogen and oxygen atoms in total. The molecule has 0 N–H and O–H groups in total. The Kier molecular flexibility index (Phi) is 6.60. The third-order valence-electron chi connectivity index (χ3n) is 12.0. The Hall–Kier alpha value is -1.63. The van der Waals surface area contributed by atoms with Gasteiger partial charge in [-0.3, -0.25) is 9.59 Å². The molecule has 4 aliphatic carbocycles. The Morgan fingerprint density at radius 2 is 1.77 bits per heavy atom. The van der Waals surface area contributed by atoms with Gasteiger partial charge in [-0.05, 0) is 106 Å². The van der Waals surface area contributed by atoms with Gasteiger partial charge in [-0.2, -0.15) is 5.26 Å². The molecule has 4 rings (SSSR count). The minimum absolute atomic E-state index is 0.0333. The molecule has 0 aliphatic heterocycles. The van der Waals surface area contributed by atoms with Crippen LogP contribution >= 0.6 is 0 Å². The van der Waals surface area contributed by atoms with Gasteiger partial charge in [0, 0.05) is 6.42 Å². The van der Waals surface area contributed by atoms with Gasteiger partial charge in [-0.25, -0.2) is 0 Å². The van der Waals surface area contributed by atoms with Crippen molar-refractivity contribution < 1.29 is 14.3 Å². The van der Waals surface area contributed by atoms with Crippen molar-refractivity contribution in [2.75, 3.05) is 6.61 Å². The zero-order chi connectivity index (χ0) is 25.9. The highest BCUT2D eigenvalue weighted by molar-refractivity contribution is 6.04. The van der Waals surface area contributed by atoms with Gasteiger partial charge in [0.05, 0.1) is 18.1 Å². The number of carbonyl (C=O) groups is 2. The van der Waals surface area contributed by atoms with E-state index >= 15 is 0 Å². The number of nitrogens with zero attached hydrogens (tertiary/aromatic N) is 1. The lowest BCUT2D eigenvalue weighted by molar-refractivity contribution is -0.208. The zero-order valence-electron chi connectivity index (χ0n) is 23.3. The second-order valence-electron chi connectivity index (χ2n) is 13.5. The summed E-state index contributed by atoms with van der Waals surface area (Å²) in [6.07, 6.45) is 11.8. The van der Waals surface area contributed by atoms with Gasteiger partial charge in [0.25, 0.3) is 0 Å². The van der Waals surface area contributed by atoms with Crippen LogP contribution in [-0.2, 0) is 14.3 Å². The molecule has 4 saturated carbocycles. The largest absolute Gasteiger partial charge is 0.465 e. The standard InChI is InChI=1S/C31H47NO3/c1-8-35-26(34)30(7)23-14-19-31(20-32)24(27(23,4)16-15-25(30)33)13-17-28(5)22(11-9-10-21(2)3)12-18-29(28,31)6/h11,21,23-24H,8-10,12-19H2,1-7H3/b22-11+/t23-,24-,27+,28-,29-,30-,31+/m1/s1. The molecule has 0 aromatic heterocycles. The number of carbonyl (C=O) groups excluding carboxylic acids is 2. The van der Waals surface area contributed by atoms with Crippen molar-refractivity contribution in [3.8, 4) is 6.07 Å². The molecular weight excluding hydrogens is 434 g/mol. The zero-order valence-corrected chi connectivity index (χ0v) is 23.3. The molecule has 0 unspecified atom stereocenters. The van der Waals surface area contributed by atoms with Gasteiger partial charge in [0.1, 0.15) is 11.2 Å². The van der Waals surface area contributed by atoms with E-state index in [-0.39, 0.29) is 39.8 Å². The number of fused-ring (bicyclic) bond motifs is 5. The van der Waals surface area contributed by atoms with Gasteiger partial charge in [0.2, 0.25) is 0 Å². The van der Waals surface area contributed by atoms with E-state index in [0.29, 0.717) is 18.9 Å². The van der Waals surface area contributed by atoms with Crippen LogP contribution in [-0.4, -0.2) is 18.4 Å². The lowest BCUT2D eigenvalue weighted by atomic mass is 9.33. The Balaban J connectivity index is 1.75. The summed E-state index contributed by atoms with van der Waals surface area (Å²) >= 11 is 0. The maximum atomic E-state index is 13.3. The fourth-order valence-corrected chi connectivity index (χ4v) is 9.64. The van der Waals surface area contributed by atoms with Crippen molar-refractivity contribution in [2.45, 2.75) is 113 Å². The maximum absolute atomic E-state index is 13.3. The molecule has 0 spiro atoms. The fourth-order valence-electron chi connectivity index (χ4n) is 9.64. The van der Waals surface area contributed by atoms with E-state index in [0.717, 1.165) is 51.4 Å². The summed E-state index contributed by atoms with van der Waals surface area (Å²) in [5, 5.41) is 11.0. The lowest BCUT2D eigenvalue weighted by Gasteiger charge is -2.68. The highest BCUT2D eigenvalue weighted by Crippen LogP contribution is 2.78. The Bertz CT molecular complexity index is 961. The van der Waals surface area contributed by atoms with Gasteiger partial charge in [-0.15, -0.1) is 0 Å². The highest BCUT2D eigenvalue weighted by atomic mass is 16.5. The van der Waals surface area contributed by atoms with E-state index in [4.69, 9.17) is 4.74 Å². The van der Waals surface area contributed by atoms with E-state index in [2.05, 4.69) is 46.8 Å². The number of esters is 1. The van der Waals surface area contributed by atoms with Gasteiger partial charge < -0.3 is 4.74 Å². The molecule has 4 heteroatoms. The van der Waals surface area contributed by atoms with Crippen molar-refractivity contribution in [3.05, 3.63) is 11.6 Å². The predicted molar refractivity (Wildman–Crippen MR) is 138 cm³/mol. The highest BCUT2D eigenvalue weighted by Gasteiger charge is 2.74. The Labute approximate surface area is 213 Å². The van der Waals surface area contributed by atoms with Gasteiger partial charge in [0.15, 0.2) is 0 Å². The van der Waals surface area contributed by atoms with Crippen LogP contribution in [0.25, 0.3) is 0 Å². The molecule has 0 saturated heterocycles. The molecule has 4 fully saturated rings. The number of ether oxygens (including phenoxy) is 1. The number of ketones is 1. The number of allylic oxidation sites excluding steroid dienone is 2. The molecule has 0 bridgehead atoms. The molecule has 0 amide bonds. The topological polar surface area (TPSA) is 67.2 Å². The second-order valence-corrected chi connectivity index (χ2v) is 13.5. The first-order valence-electron chi connectivity index (χ1n) is 14.2. The summed E-state index contributed by atoms with van der Waals surface area (Å²) in [5.41, 5.74) is -0.182. The summed E-state index contributed by atoms with van der Waals surface area (Å²) in [4.78, 5) is 26.5. The average Bonchev–Trinajstić information content (AvgIpc) is 3.07. The molecule has 0 heterocycles. The van der Waals surface area contributed by atoms with Crippen LogP contribution < -0.4 is 0 Å². The quantitative estimate of drug-likeness (QED) is 0.233. The Morgan fingerprint density at radius 3 is 2.40 bits per heavy atom. The maximum Gasteiger partial charge on any atom is 0.319 e. The molecular formula is C31H47NO3. The van der Waals surface area contributed by atoms with E-state index in [9.17, 15) is 14.9 Å². The average molecular weight is 482 g/mol. The third-order valence-corrected chi connectivity index (χ3v) is 12.0. The van der Waals surface area contributed by atoms with Crippen LogP contribution in [0.4, 0.5) is 0 Å². The molecule has 194 valence electrons. The first-order valence-corrected chi connectivity index (χ1v) is 14.2. The van der Waals surface area contributed by atoms with Crippen LogP contribution in [0.2, 0.25) is 0 Å². The van der Waals surface area contributed by atoms with Crippen molar-refractivity contribution in [3.63, 3.8) is 0 Å². The third kappa shape index (κ3) is 3.35.